The minimum Gasteiger partial charge on any atom is -0.484 e. The smallest absolute Gasteiger partial charge is 0.257 e. The summed E-state index contributed by atoms with van der Waals surface area (Å²) in [5.74, 6) is 0.571. The second-order valence-corrected chi connectivity index (χ2v) is 5.54. The van der Waals surface area contributed by atoms with Crippen LogP contribution in [0.1, 0.15) is 17.5 Å². The quantitative estimate of drug-likeness (QED) is 0.786. The molecule has 0 saturated heterocycles. The van der Waals surface area contributed by atoms with E-state index in [0.29, 0.717) is 12.3 Å². The van der Waals surface area contributed by atoms with E-state index in [2.05, 4.69) is 10.2 Å². The fourth-order valence-corrected chi connectivity index (χ4v) is 1.92. The lowest BCUT2D eigenvalue weighted by atomic mass is 10.1. The number of hydrogen-bond donors (Lipinski definition) is 1. The third kappa shape index (κ3) is 5.80. The molecule has 0 fully saturated rings. The van der Waals surface area contributed by atoms with Crippen molar-refractivity contribution < 1.29 is 9.53 Å². The molecule has 0 heterocycles. The van der Waals surface area contributed by atoms with Crippen LogP contribution in [0.5, 0.6) is 5.75 Å². The van der Waals surface area contributed by atoms with Crippen molar-refractivity contribution in [3.63, 3.8) is 0 Å². The molecule has 1 aromatic carbocycles. The lowest BCUT2D eigenvalue weighted by molar-refractivity contribution is -0.123. The highest BCUT2D eigenvalue weighted by atomic mass is 35.5. The number of benzene rings is 1. The van der Waals surface area contributed by atoms with Crippen LogP contribution < -0.4 is 10.1 Å². The van der Waals surface area contributed by atoms with Crippen molar-refractivity contribution in [3.8, 4) is 5.75 Å². The number of amides is 1. The highest BCUT2D eigenvalue weighted by Gasteiger charge is 2.06. The molecular formula is C15H23ClN2O2. The highest BCUT2D eigenvalue weighted by molar-refractivity contribution is 6.32. The van der Waals surface area contributed by atoms with Gasteiger partial charge >= 0.3 is 0 Å². The van der Waals surface area contributed by atoms with Gasteiger partial charge in [0.05, 0.1) is 0 Å². The first-order valence-corrected chi connectivity index (χ1v) is 7.09. The molecule has 0 unspecified atom stereocenters. The molecule has 20 heavy (non-hydrogen) atoms. The number of halogens is 1. The molecule has 1 amide bonds. The third-order valence-corrected chi connectivity index (χ3v) is 3.48. The summed E-state index contributed by atoms with van der Waals surface area (Å²) in [6, 6.07) is 3.68. The van der Waals surface area contributed by atoms with Gasteiger partial charge in [-0.3, -0.25) is 4.79 Å². The Bertz CT molecular complexity index is 438. The SMILES string of the molecule is Cc1cc(OCC(=O)NCCCN(C)C)cc(C)c1Cl. The first-order chi connectivity index (χ1) is 9.40. The fourth-order valence-electron chi connectivity index (χ4n) is 1.81. The Labute approximate surface area is 126 Å². The maximum absolute atomic E-state index is 11.6. The van der Waals surface area contributed by atoms with Crippen LogP contribution in [-0.4, -0.2) is 44.6 Å². The number of nitrogens with zero attached hydrogens (tertiary/aromatic N) is 1. The van der Waals surface area contributed by atoms with E-state index in [1.807, 2.05) is 40.1 Å². The number of hydrogen-bond acceptors (Lipinski definition) is 3. The van der Waals surface area contributed by atoms with Crippen LogP contribution in [0.2, 0.25) is 5.02 Å². The minimum atomic E-state index is -0.103. The summed E-state index contributed by atoms with van der Waals surface area (Å²) in [4.78, 5) is 13.7. The molecular weight excluding hydrogens is 276 g/mol. The van der Waals surface area contributed by atoms with Gasteiger partial charge in [-0.2, -0.15) is 0 Å². The maximum Gasteiger partial charge on any atom is 0.257 e. The van der Waals surface area contributed by atoms with E-state index in [0.717, 1.165) is 29.1 Å². The number of carbonyl (C=O) groups excluding carboxylic acids is 1. The zero-order valence-electron chi connectivity index (χ0n) is 12.6. The van der Waals surface area contributed by atoms with Gasteiger partial charge in [0.15, 0.2) is 6.61 Å². The molecule has 1 N–H and O–H groups in total. The largest absolute Gasteiger partial charge is 0.484 e. The normalized spacial score (nSPS) is 10.7. The van der Waals surface area contributed by atoms with Gasteiger partial charge in [-0.15, -0.1) is 0 Å². The molecule has 1 rings (SSSR count). The summed E-state index contributed by atoms with van der Waals surface area (Å²) in [6.07, 6.45) is 0.928. The first kappa shape index (κ1) is 16.8. The Kier molecular flexibility index (Phi) is 6.82. The van der Waals surface area contributed by atoms with Crippen molar-refractivity contribution in [3.05, 3.63) is 28.3 Å². The lowest BCUT2D eigenvalue weighted by Crippen LogP contribution is -2.31. The molecule has 0 aliphatic carbocycles. The highest BCUT2D eigenvalue weighted by Crippen LogP contribution is 2.25. The van der Waals surface area contributed by atoms with E-state index in [1.165, 1.54) is 0 Å². The van der Waals surface area contributed by atoms with Gasteiger partial charge in [0.25, 0.3) is 5.91 Å². The predicted octanol–water partition coefficient (Wildman–Crippen LogP) is 2.40. The van der Waals surface area contributed by atoms with Crippen molar-refractivity contribution in [2.75, 3.05) is 33.8 Å². The van der Waals surface area contributed by atoms with Gasteiger partial charge < -0.3 is 15.0 Å². The third-order valence-electron chi connectivity index (χ3n) is 2.88. The summed E-state index contributed by atoms with van der Waals surface area (Å²) >= 11 is 6.08. The summed E-state index contributed by atoms with van der Waals surface area (Å²) in [6.45, 7) is 5.49. The molecule has 4 nitrogen and oxygen atoms in total. The van der Waals surface area contributed by atoms with Crippen LogP contribution in [0.4, 0.5) is 0 Å². The Morgan fingerprint density at radius 3 is 2.45 bits per heavy atom. The van der Waals surface area contributed by atoms with Gasteiger partial charge in [-0.1, -0.05) is 11.6 Å². The van der Waals surface area contributed by atoms with Crippen LogP contribution in [0.15, 0.2) is 12.1 Å². The van der Waals surface area contributed by atoms with Crippen molar-refractivity contribution in [1.82, 2.24) is 10.2 Å². The van der Waals surface area contributed by atoms with Gasteiger partial charge in [0.1, 0.15) is 5.75 Å². The van der Waals surface area contributed by atoms with Crippen molar-refractivity contribution in [2.45, 2.75) is 20.3 Å². The summed E-state index contributed by atoms with van der Waals surface area (Å²) in [5.41, 5.74) is 1.90. The number of ether oxygens (including phenoxy) is 1. The second-order valence-electron chi connectivity index (χ2n) is 5.17. The summed E-state index contributed by atoms with van der Waals surface area (Å²) < 4.78 is 5.48. The van der Waals surface area contributed by atoms with Crippen LogP contribution in [-0.2, 0) is 4.79 Å². The van der Waals surface area contributed by atoms with E-state index < -0.39 is 0 Å². The predicted molar refractivity (Wildman–Crippen MR) is 82.6 cm³/mol. The second kappa shape index (κ2) is 8.12. The number of rotatable bonds is 7. The molecule has 0 aromatic heterocycles. The lowest BCUT2D eigenvalue weighted by Gasteiger charge is -2.11. The average molecular weight is 299 g/mol. The Balaban J connectivity index is 2.34. The number of aryl methyl sites for hydroxylation is 2. The summed E-state index contributed by atoms with van der Waals surface area (Å²) in [7, 11) is 4.02. The van der Waals surface area contributed by atoms with Crippen LogP contribution >= 0.6 is 11.6 Å². The molecule has 5 heteroatoms. The molecule has 0 aliphatic heterocycles. The maximum atomic E-state index is 11.6. The Hall–Kier alpha value is -1.26. The topological polar surface area (TPSA) is 41.6 Å². The van der Waals surface area contributed by atoms with E-state index in [4.69, 9.17) is 16.3 Å². The van der Waals surface area contributed by atoms with Gasteiger partial charge in [0, 0.05) is 11.6 Å². The molecule has 0 aliphatic rings. The van der Waals surface area contributed by atoms with Gasteiger partial charge in [-0.25, -0.2) is 0 Å². The van der Waals surface area contributed by atoms with Gasteiger partial charge in [-0.05, 0) is 64.2 Å². The average Bonchev–Trinajstić information content (AvgIpc) is 2.38. The van der Waals surface area contributed by atoms with E-state index in [1.54, 1.807) is 0 Å². The number of carbonyl (C=O) groups is 1. The zero-order valence-corrected chi connectivity index (χ0v) is 13.4. The first-order valence-electron chi connectivity index (χ1n) is 6.71. The Morgan fingerprint density at radius 2 is 1.90 bits per heavy atom. The fraction of sp³-hybridized carbons (Fsp3) is 0.533. The van der Waals surface area contributed by atoms with Gasteiger partial charge in [0.2, 0.25) is 0 Å². The van der Waals surface area contributed by atoms with E-state index in [9.17, 15) is 4.79 Å². The molecule has 1 aromatic rings. The molecule has 0 radical (unpaired) electrons. The molecule has 0 spiro atoms. The standard InChI is InChI=1S/C15H23ClN2O2/c1-11-8-13(9-12(2)15(11)16)20-10-14(19)17-6-5-7-18(3)4/h8-9H,5-7,10H2,1-4H3,(H,17,19). The molecule has 112 valence electrons. The van der Waals surface area contributed by atoms with E-state index in [-0.39, 0.29) is 12.5 Å². The van der Waals surface area contributed by atoms with Crippen molar-refractivity contribution >= 4 is 17.5 Å². The van der Waals surface area contributed by atoms with Crippen LogP contribution in [0, 0.1) is 13.8 Å². The Morgan fingerprint density at radius 1 is 1.30 bits per heavy atom. The van der Waals surface area contributed by atoms with Crippen LogP contribution in [0.25, 0.3) is 0 Å². The van der Waals surface area contributed by atoms with Crippen LogP contribution in [0.3, 0.4) is 0 Å². The monoisotopic (exact) mass is 298 g/mol. The van der Waals surface area contributed by atoms with E-state index >= 15 is 0 Å². The molecule has 0 saturated carbocycles. The van der Waals surface area contributed by atoms with Crippen molar-refractivity contribution in [1.29, 1.82) is 0 Å². The summed E-state index contributed by atoms with van der Waals surface area (Å²) in [5, 5.41) is 3.57. The van der Waals surface area contributed by atoms with Crippen molar-refractivity contribution in [2.24, 2.45) is 0 Å². The number of nitrogens with one attached hydrogen (secondary N) is 1. The molecule has 0 bridgehead atoms. The molecule has 0 atom stereocenters. The minimum absolute atomic E-state index is 0.0302. The zero-order chi connectivity index (χ0) is 15.1.